The van der Waals surface area contributed by atoms with Crippen molar-refractivity contribution < 1.29 is 9.18 Å². The van der Waals surface area contributed by atoms with Crippen molar-refractivity contribution in [1.82, 2.24) is 10.6 Å². The van der Waals surface area contributed by atoms with E-state index in [1.54, 1.807) is 12.1 Å². The van der Waals surface area contributed by atoms with Gasteiger partial charge in [-0.05, 0) is 44.5 Å². The van der Waals surface area contributed by atoms with Gasteiger partial charge in [0, 0.05) is 6.54 Å². The van der Waals surface area contributed by atoms with E-state index in [4.69, 9.17) is 0 Å². The molecule has 0 aromatic heterocycles. The first-order valence-electron chi connectivity index (χ1n) is 5.92. The number of aryl methyl sites for hydroxylation is 1. The smallest absolute Gasteiger partial charge is 0.254 e. The van der Waals surface area contributed by atoms with Crippen molar-refractivity contribution in [1.29, 1.82) is 0 Å². The van der Waals surface area contributed by atoms with Gasteiger partial charge in [0.05, 0.1) is 5.56 Å². The number of amides is 1. The number of carbonyl (C=O) groups excluding carboxylic acids is 1. The van der Waals surface area contributed by atoms with Gasteiger partial charge in [0.2, 0.25) is 0 Å². The molecule has 0 bridgehead atoms. The average Bonchev–Trinajstić information content (AvgIpc) is 2.82. The number of carbonyl (C=O) groups is 1. The fraction of sp³-hybridized carbons (Fsp3) is 0.462. The molecule has 1 aromatic rings. The van der Waals surface area contributed by atoms with Gasteiger partial charge in [-0.25, -0.2) is 4.39 Å². The van der Waals surface area contributed by atoms with E-state index in [1.165, 1.54) is 6.07 Å². The molecule has 1 heterocycles. The highest BCUT2D eigenvalue weighted by Gasteiger charge is 2.17. The molecule has 3 nitrogen and oxygen atoms in total. The van der Waals surface area contributed by atoms with Crippen LogP contribution < -0.4 is 10.6 Å². The summed E-state index contributed by atoms with van der Waals surface area (Å²) in [6.45, 7) is 4.38. The van der Waals surface area contributed by atoms with Crippen LogP contribution in [-0.4, -0.2) is 25.5 Å². The highest BCUT2D eigenvalue weighted by Crippen LogP contribution is 2.11. The summed E-state index contributed by atoms with van der Waals surface area (Å²) >= 11 is 0. The van der Waals surface area contributed by atoms with Crippen molar-refractivity contribution in [3.05, 3.63) is 35.1 Å². The Labute approximate surface area is 100 Å². The van der Waals surface area contributed by atoms with Gasteiger partial charge in [-0.3, -0.25) is 4.79 Å². The fourth-order valence-corrected chi connectivity index (χ4v) is 2.03. The molecule has 1 saturated heterocycles. The third kappa shape index (κ3) is 3.03. The first-order chi connectivity index (χ1) is 8.16. The van der Waals surface area contributed by atoms with E-state index in [2.05, 4.69) is 10.6 Å². The molecule has 0 spiro atoms. The van der Waals surface area contributed by atoms with E-state index in [9.17, 15) is 9.18 Å². The lowest BCUT2D eigenvalue weighted by molar-refractivity contribution is 0.0944. The second-order valence-corrected chi connectivity index (χ2v) is 4.55. The van der Waals surface area contributed by atoms with Crippen LogP contribution in [0.2, 0.25) is 0 Å². The minimum absolute atomic E-state index is 0.135. The lowest BCUT2D eigenvalue weighted by atomic mass is 10.1. The molecule has 1 aromatic carbocycles. The zero-order valence-electron chi connectivity index (χ0n) is 9.92. The van der Waals surface area contributed by atoms with Crippen LogP contribution in [0, 0.1) is 18.7 Å². The summed E-state index contributed by atoms with van der Waals surface area (Å²) in [5.41, 5.74) is 1.02. The molecular weight excluding hydrogens is 219 g/mol. The first kappa shape index (κ1) is 12.0. The molecule has 1 fully saturated rings. The lowest BCUT2D eigenvalue weighted by Gasteiger charge is -2.10. The second-order valence-electron chi connectivity index (χ2n) is 4.55. The fourth-order valence-electron chi connectivity index (χ4n) is 2.03. The molecule has 1 atom stereocenters. The van der Waals surface area contributed by atoms with Crippen LogP contribution in [-0.2, 0) is 0 Å². The molecule has 1 amide bonds. The zero-order valence-corrected chi connectivity index (χ0v) is 9.92. The van der Waals surface area contributed by atoms with E-state index in [0.717, 1.165) is 25.1 Å². The maximum absolute atomic E-state index is 13.4. The molecule has 2 rings (SSSR count). The van der Waals surface area contributed by atoms with Gasteiger partial charge in [-0.15, -0.1) is 0 Å². The predicted molar refractivity (Wildman–Crippen MR) is 64.4 cm³/mol. The Hall–Kier alpha value is -1.42. The van der Waals surface area contributed by atoms with Gasteiger partial charge in [-0.2, -0.15) is 0 Å². The molecule has 1 unspecified atom stereocenters. The normalized spacial score (nSPS) is 19.3. The molecule has 1 aliphatic rings. The van der Waals surface area contributed by atoms with Gasteiger partial charge in [0.25, 0.3) is 5.91 Å². The minimum atomic E-state index is -0.461. The van der Waals surface area contributed by atoms with E-state index >= 15 is 0 Å². The minimum Gasteiger partial charge on any atom is -0.352 e. The lowest BCUT2D eigenvalue weighted by Crippen LogP contribution is -2.30. The van der Waals surface area contributed by atoms with Crippen molar-refractivity contribution in [2.45, 2.75) is 13.3 Å². The number of nitrogens with one attached hydrogen (secondary N) is 2. The van der Waals surface area contributed by atoms with Crippen LogP contribution in [0.1, 0.15) is 22.3 Å². The summed E-state index contributed by atoms with van der Waals surface area (Å²) in [6.07, 6.45) is 1.07. The van der Waals surface area contributed by atoms with Crippen LogP contribution in [0.25, 0.3) is 0 Å². The number of rotatable bonds is 3. The Bertz CT molecular complexity index is 414. The van der Waals surface area contributed by atoms with E-state index in [0.29, 0.717) is 12.5 Å². The van der Waals surface area contributed by atoms with Gasteiger partial charge >= 0.3 is 0 Å². The van der Waals surface area contributed by atoms with Gasteiger partial charge < -0.3 is 10.6 Å². The van der Waals surface area contributed by atoms with Crippen LogP contribution in [0.3, 0.4) is 0 Å². The highest BCUT2D eigenvalue weighted by atomic mass is 19.1. The molecule has 4 heteroatoms. The standard InChI is InChI=1S/C13H17FN2O/c1-9-2-3-12(14)11(6-9)13(17)16-8-10-4-5-15-7-10/h2-3,6,10,15H,4-5,7-8H2,1H3,(H,16,17). The molecular formula is C13H17FN2O. The summed E-state index contributed by atoms with van der Waals surface area (Å²) in [5.74, 6) is -0.317. The van der Waals surface area contributed by atoms with E-state index in [1.807, 2.05) is 6.92 Å². The Morgan fingerprint density at radius 3 is 3.12 bits per heavy atom. The van der Waals surface area contributed by atoms with Gasteiger partial charge in [0.1, 0.15) is 5.82 Å². The van der Waals surface area contributed by atoms with Crippen LogP contribution >= 0.6 is 0 Å². The summed E-state index contributed by atoms with van der Waals surface area (Å²) in [4.78, 5) is 11.8. The van der Waals surface area contributed by atoms with Gasteiger partial charge in [0.15, 0.2) is 0 Å². The summed E-state index contributed by atoms with van der Waals surface area (Å²) < 4.78 is 13.4. The monoisotopic (exact) mass is 236 g/mol. The summed E-state index contributed by atoms with van der Waals surface area (Å²) in [5, 5.41) is 6.02. The molecule has 1 aliphatic heterocycles. The SMILES string of the molecule is Cc1ccc(F)c(C(=O)NCC2CCNC2)c1. The predicted octanol–water partition coefficient (Wildman–Crippen LogP) is 1.47. The van der Waals surface area contributed by atoms with Crippen LogP contribution in [0.5, 0.6) is 0 Å². The van der Waals surface area contributed by atoms with Gasteiger partial charge in [-0.1, -0.05) is 11.6 Å². The Kier molecular flexibility index (Phi) is 3.74. The average molecular weight is 236 g/mol. The molecule has 2 N–H and O–H groups in total. The van der Waals surface area contributed by atoms with Crippen molar-refractivity contribution in [3.63, 3.8) is 0 Å². The maximum atomic E-state index is 13.4. The third-order valence-corrected chi connectivity index (χ3v) is 3.08. The molecule has 92 valence electrons. The zero-order chi connectivity index (χ0) is 12.3. The Morgan fingerprint density at radius 1 is 1.59 bits per heavy atom. The Balaban J connectivity index is 1.96. The third-order valence-electron chi connectivity index (χ3n) is 3.08. The van der Waals surface area contributed by atoms with Crippen LogP contribution in [0.4, 0.5) is 4.39 Å². The topological polar surface area (TPSA) is 41.1 Å². The van der Waals surface area contributed by atoms with Crippen molar-refractivity contribution in [2.24, 2.45) is 5.92 Å². The van der Waals surface area contributed by atoms with Crippen molar-refractivity contribution >= 4 is 5.91 Å². The van der Waals surface area contributed by atoms with E-state index in [-0.39, 0.29) is 11.5 Å². The van der Waals surface area contributed by atoms with Crippen molar-refractivity contribution in [3.8, 4) is 0 Å². The molecule has 0 aliphatic carbocycles. The van der Waals surface area contributed by atoms with Crippen LogP contribution in [0.15, 0.2) is 18.2 Å². The number of hydrogen-bond acceptors (Lipinski definition) is 2. The summed E-state index contributed by atoms with van der Waals surface area (Å²) in [6, 6.07) is 4.58. The molecule has 17 heavy (non-hydrogen) atoms. The van der Waals surface area contributed by atoms with E-state index < -0.39 is 5.82 Å². The Morgan fingerprint density at radius 2 is 2.41 bits per heavy atom. The molecule has 0 radical (unpaired) electrons. The first-order valence-corrected chi connectivity index (χ1v) is 5.92. The highest BCUT2D eigenvalue weighted by molar-refractivity contribution is 5.94. The second kappa shape index (κ2) is 5.27. The quantitative estimate of drug-likeness (QED) is 0.834. The molecule has 0 saturated carbocycles. The van der Waals surface area contributed by atoms with Crippen molar-refractivity contribution in [2.75, 3.05) is 19.6 Å². The number of hydrogen-bond donors (Lipinski definition) is 2. The number of halogens is 1. The maximum Gasteiger partial charge on any atom is 0.254 e. The number of benzene rings is 1. The largest absolute Gasteiger partial charge is 0.352 e. The summed E-state index contributed by atoms with van der Waals surface area (Å²) in [7, 11) is 0.